The number of fused-ring (bicyclic) bond motifs is 1. The second kappa shape index (κ2) is 4.31. The molecule has 0 heterocycles. The van der Waals surface area contributed by atoms with Gasteiger partial charge in [0.05, 0.1) is 7.11 Å². The maximum absolute atomic E-state index is 13.2. The van der Waals surface area contributed by atoms with Crippen LogP contribution in [-0.4, -0.2) is 25.3 Å². The fraction of sp³-hybridized carbons (Fsp3) is 0.333. The summed E-state index contributed by atoms with van der Waals surface area (Å²) < 4.78 is 30.8. The number of alkyl halides is 2. The van der Waals surface area contributed by atoms with Gasteiger partial charge in [0, 0.05) is 17.0 Å². The van der Waals surface area contributed by atoms with Gasteiger partial charge in [-0.3, -0.25) is 9.59 Å². The van der Waals surface area contributed by atoms with Gasteiger partial charge in [-0.1, -0.05) is 23.7 Å². The van der Waals surface area contributed by atoms with E-state index in [1.807, 2.05) is 0 Å². The number of ketones is 1. The molecule has 0 aromatic heterocycles. The first kappa shape index (κ1) is 13.0. The summed E-state index contributed by atoms with van der Waals surface area (Å²) in [7, 11) is 0.977. The predicted octanol–water partition coefficient (Wildman–Crippen LogP) is 2.50. The van der Waals surface area contributed by atoms with E-state index >= 15 is 0 Å². The Kier molecular flexibility index (Phi) is 3.11. The summed E-state index contributed by atoms with van der Waals surface area (Å²) in [6.45, 7) is 0. The monoisotopic (exact) mass is 274 g/mol. The molecule has 0 radical (unpaired) electrons. The molecule has 0 aliphatic heterocycles. The maximum atomic E-state index is 13.2. The van der Waals surface area contributed by atoms with E-state index in [0.29, 0.717) is 0 Å². The van der Waals surface area contributed by atoms with Crippen LogP contribution >= 0.6 is 11.6 Å². The molecule has 0 N–H and O–H groups in total. The fourth-order valence-corrected chi connectivity index (χ4v) is 2.40. The molecule has 0 bridgehead atoms. The number of halogens is 3. The van der Waals surface area contributed by atoms with Gasteiger partial charge in [0.15, 0.2) is 11.2 Å². The Bertz CT molecular complexity index is 530. The highest BCUT2D eigenvalue weighted by Crippen LogP contribution is 2.44. The molecule has 1 unspecified atom stereocenters. The number of benzene rings is 1. The molecular formula is C12H9ClF2O3. The van der Waals surface area contributed by atoms with Crippen molar-refractivity contribution in [3.8, 4) is 0 Å². The molecule has 1 aliphatic carbocycles. The van der Waals surface area contributed by atoms with E-state index in [0.717, 1.165) is 7.11 Å². The lowest BCUT2D eigenvalue weighted by Crippen LogP contribution is -2.44. The van der Waals surface area contributed by atoms with Gasteiger partial charge in [-0.25, -0.2) is 8.78 Å². The number of hydrogen-bond donors (Lipinski definition) is 0. The Hall–Kier alpha value is -1.49. The molecule has 18 heavy (non-hydrogen) atoms. The Morgan fingerprint density at radius 1 is 1.50 bits per heavy atom. The van der Waals surface area contributed by atoms with Crippen LogP contribution in [0, 0.1) is 5.41 Å². The lowest BCUT2D eigenvalue weighted by atomic mass is 9.84. The molecule has 0 fully saturated rings. The van der Waals surface area contributed by atoms with Crippen LogP contribution in [0.2, 0.25) is 5.02 Å². The average molecular weight is 275 g/mol. The molecule has 1 aromatic rings. The third kappa shape index (κ3) is 1.54. The van der Waals surface area contributed by atoms with Crippen LogP contribution in [-0.2, 0) is 16.0 Å². The van der Waals surface area contributed by atoms with Gasteiger partial charge in [-0.05, 0) is 11.6 Å². The summed E-state index contributed by atoms with van der Waals surface area (Å²) in [5, 5.41) is 0.201. The van der Waals surface area contributed by atoms with Crippen molar-refractivity contribution in [3.05, 3.63) is 34.3 Å². The van der Waals surface area contributed by atoms with Crippen molar-refractivity contribution < 1.29 is 23.1 Å². The lowest BCUT2D eigenvalue weighted by molar-refractivity contribution is -0.157. The highest BCUT2D eigenvalue weighted by Gasteiger charge is 2.59. The number of hydrogen-bond acceptors (Lipinski definition) is 3. The third-order valence-corrected chi connectivity index (χ3v) is 3.50. The largest absolute Gasteiger partial charge is 0.468 e. The van der Waals surface area contributed by atoms with E-state index in [2.05, 4.69) is 4.74 Å². The van der Waals surface area contributed by atoms with Gasteiger partial charge in [0.1, 0.15) is 0 Å². The zero-order valence-electron chi connectivity index (χ0n) is 9.38. The number of carbonyl (C=O) groups is 2. The second-order valence-electron chi connectivity index (χ2n) is 4.04. The smallest absolute Gasteiger partial charge is 0.326 e. The zero-order chi connectivity index (χ0) is 13.5. The van der Waals surface area contributed by atoms with Crippen LogP contribution in [0.5, 0.6) is 0 Å². The molecule has 0 saturated heterocycles. The summed E-state index contributed by atoms with van der Waals surface area (Å²) in [5.74, 6) is -2.16. The van der Waals surface area contributed by atoms with Gasteiger partial charge in [0.2, 0.25) is 0 Å². The first-order valence-electron chi connectivity index (χ1n) is 5.14. The van der Waals surface area contributed by atoms with Gasteiger partial charge in [0.25, 0.3) is 6.43 Å². The molecule has 0 amide bonds. The molecule has 2 rings (SSSR count). The summed E-state index contributed by atoms with van der Waals surface area (Å²) in [6, 6.07) is 4.36. The van der Waals surface area contributed by atoms with E-state index in [9.17, 15) is 18.4 Å². The van der Waals surface area contributed by atoms with Crippen molar-refractivity contribution >= 4 is 23.4 Å². The summed E-state index contributed by atoms with van der Waals surface area (Å²) in [5.41, 5.74) is -2.12. The van der Waals surface area contributed by atoms with Crippen LogP contribution in [0.25, 0.3) is 0 Å². The average Bonchev–Trinajstić information content (AvgIpc) is 2.65. The Labute approximate surface area is 107 Å². The van der Waals surface area contributed by atoms with Crippen LogP contribution < -0.4 is 0 Å². The van der Waals surface area contributed by atoms with Crippen LogP contribution in [0.4, 0.5) is 8.78 Å². The number of carbonyl (C=O) groups excluding carboxylic acids is 2. The number of esters is 1. The van der Waals surface area contributed by atoms with Crippen molar-refractivity contribution in [3.63, 3.8) is 0 Å². The molecule has 0 spiro atoms. The first-order chi connectivity index (χ1) is 8.45. The quantitative estimate of drug-likeness (QED) is 0.615. The number of rotatable bonds is 2. The number of Topliss-reactive ketones (excluding diaryl/α,β-unsaturated/α-hetero) is 1. The summed E-state index contributed by atoms with van der Waals surface area (Å²) in [6.07, 6.45) is -3.56. The van der Waals surface area contributed by atoms with Gasteiger partial charge in [-0.15, -0.1) is 0 Å². The highest BCUT2D eigenvalue weighted by molar-refractivity contribution is 6.33. The van der Waals surface area contributed by atoms with Crippen molar-refractivity contribution in [2.75, 3.05) is 7.11 Å². The van der Waals surface area contributed by atoms with Crippen molar-refractivity contribution in [1.82, 2.24) is 0 Å². The standard InChI is InChI=1S/C12H9ClF2O3/c1-18-11(17)12(10(14)15)5-7-6(9(12)16)3-2-4-8(7)13/h2-4,10H,5H2,1H3. The Morgan fingerprint density at radius 3 is 2.67 bits per heavy atom. The molecule has 0 saturated carbocycles. The van der Waals surface area contributed by atoms with Gasteiger partial charge >= 0.3 is 5.97 Å². The fourth-order valence-electron chi connectivity index (χ4n) is 2.16. The summed E-state index contributed by atoms with van der Waals surface area (Å²) in [4.78, 5) is 23.7. The van der Waals surface area contributed by atoms with E-state index in [1.165, 1.54) is 18.2 Å². The minimum atomic E-state index is -3.14. The van der Waals surface area contributed by atoms with Crippen LogP contribution in [0.1, 0.15) is 15.9 Å². The maximum Gasteiger partial charge on any atom is 0.326 e. The Morgan fingerprint density at radius 2 is 2.17 bits per heavy atom. The van der Waals surface area contributed by atoms with E-state index in [-0.39, 0.29) is 16.1 Å². The highest BCUT2D eigenvalue weighted by atomic mass is 35.5. The van der Waals surface area contributed by atoms with Crippen LogP contribution in [0.15, 0.2) is 18.2 Å². The SMILES string of the molecule is COC(=O)C1(C(F)F)Cc2c(Cl)cccc2C1=O. The third-order valence-electron chi connectivity index (χ3n) is 3.15. The molecule has 1 atom stereocenters. The van der Waals surface area contributed by atoms with Crippen molar-refractivity contribution in [1.29, 1.82) is 0 Å². The van der Waals surface area contributed by atoms with E-state index in [1.54, 1.807) is 0 Å². The normalized spacial score (nSPS) is 22.2. The topological polar surface area (TPSA) is 43.4 Å². The number of methoxy groups -OCH3 is 1. The molecular weight excluding hydrogens is 266 g/mol. The zero-order valence-corrected chi connectivity index (χ0v) is 10.1. The molecule has 3 nitrogen and oxygen atoms in total. The van der Waals surface area contributed by atoms with Crippen LogP contribution in [0.3, 0.4) is 0 Å². The molecule has 6 heteroatoms. The Balaban J connectivity index is 2.60. The van der Waals surface area contributed by atoms with Gasteiger partial charge in [-0.2, -0.15) is 0 Å². The molecule has 1 aromatic carbocycles. The van der Waals surface area contributed by atoms with Crippen molar-refractivity contribution in [2.45, 2.75) is 12.8 Å². The molecule has 1 aliphatic rings. The lowest BCUT2D eigenvalue weighted by Gasteiger charge is -2.22. The van der Waals surface area contributed by atoms with Gasteiger partial charge < -0.3 is 4.74 Å². The van der Waals surface area contributed by atoms with E-state index < -0.39 is 30.0 Å². The molecule has 96 valence electrons. The van der Waals surface area contributed by atoms with E-state index in [4.69, 9.17) is 11.6 Å². The second-order valence-corrected chi connectivity index (χ2v) is 4.44. The minimum absolute atomic E-state index is 0.0631. The minimum Gasteiger partial charge on any atom is -0.468 e. The van der Waals surface area contributed by atoms with Crippen molar-refractivity contribution in [2.24, 2.45) is 5.41 Å². The number of ether oxygens (including phenoxy) is 1. The first-order valence-corrected chi connectivity index (χ1v) is 5.51. The predicted molar refractivity (Wildman–Crippen MR) is 59.9 cm³/mol. The summed E-state index contributed by atoms with van der Waals surface area (Å²) >= 11 is 5.87.